The van der Waals surface area contributed by atoms with Crippen LogP contribution in [-0.2, 0) is 9.47 Å². The minimum atomic E-state index is -2.89. The molecule has 0 bridgehead atoms. The van der Waals surface area contributed by atoms with Crippen molar-refractivity contribution in [3.05, 3.63) is 35.4 Å². The van der Waals surface area contributed by atoms with E-state index in [0.717, 1.165) is 0 Å². The monoisotopic (exact) mass is 484 g/mol. The average molecular weight is 484 g/mol. The topological polar surface area (TPSA) is 59.1 Å². The lowest BCUT2D eigenvalue weighted by Gasteiger charge is -2.50. The Morgan fingerprint density at radius 2 is 1.68 bits per heavy atom. The van der Waals surface area contributed by atoms with Crippen LogP contribution in [0.25, 0.3) is 5.70 Å². The highest BCUT2D eigenvalue weighted by molar-refractivity contribution is 5.94. The summed E-state index contributed by atoms with van der Waals surface area (Å²) in [5, 5.41) is 0. The van der Waals surface area contributed by atoms with Gasteiger partial charge in [0.2, 0.25) is 5.92 Å². The molecule has 0 radical (unpaired) electrons. The van der Waals surface area contributed by atoms with Gasteiger partial charge in [-0.3, -0.25) is 4.90 Å². The molecule has 1 saturated heterocycles. The second-order valence-corrected chi connectivity index (χ2v) is 10.4. The molecule has 0 unspecified atom stereocenters. The first-order valence-corrected chi connectivity index (χ1v) is 11.1. The van der Waals surface area contributed by atoms with Crippen molar-refractivity contribution in [3.63, 3.8) is 0 Å². The lowest BCUT2D eigenvalue weighted by atomic mass is 9.62. The smallest absolute Gasteiger partial charge is 0.414 e. The number of benzene rings is 1. The number of carbonyl (C=O) groups excluding carboxylic acids is 2. The van der Waals surface area contributed by atoms with Crippen LogP contribution in [-0.4, -0.2) is 61.2 Å². The number of carbonyl (C=O) groups is 2. The second kappa shape index (κ2) is 7.88. The van der Waals surface area contributed by atoms with E-state index in [4.69, 9.17) is 9.47 Å². The molecular weight excluding hydrogens is 456 g/mol. The van der Waals surface area contributed by atoms with Crippen molar-refractivity contribution in [2.45, 2.75) is 57.5 Å². The maximum Gasteiger partial charge on any atom is 0.414 e. The molecule has 34 heavy (non-hydrogen) atoms. The molecule has 1 spiro atoms. The van der Waals surface area contributed by atoms with Gasteiger partial charge in [0, 0.05) is 36.1 Å². The van der Waals surface area contributed by atoms with E-state index in [-0.39, 0.29) is 24.9 Å². The molecule has 2 aliphatic heterocycles. The molecule has 4 rings (SSSR count). The summed E-state index contributed by atoms with van der Waals surface area (Å²) >= 11 is 0. The van der Waals surface area contributed by atoms with Gasteiger partial charge in [0.05, 0.1) is 31.5 Å². The number of anilines is 1. The first-order valence-electron chi connectivity index (χ1n) is 11.1. The average Bonchev–Trinajstić information content (AvgIpc) is 2.68. The highest BCUT2D eigenvalue weighted by atomic mass is 19.3. The van der Waals surface area contributed by atoms with Gasteiger partial charge in [-0.25, -0.2) is 27.2 Å². The Hall–Kier alpha value is -2.78. The molecule has 1 saturated carbocycles. The molecular formula is C24H28F4N2O4. The van der Waals surface area contributed by atoms with Crippen LogP contribution in [0.5, 0.6) is 0 Å². The zero-order chi connectivity index (χ0) is 25.1. The summed E-state index contributed by atoms with van der Waals surface area (Å²) < 4.78 is 65.4. The van der Waals surface area contributed by atoms with Gasteiger partial charge < -0.3 is 14.4 Å². The van der Waals surface area contributed by atoms with Crippen LogP contribution < -0.4 is 4.90 Å². The number of amides is 1. The van der Waals surface area contributed by atoms with Crippen LogP contribution >= 0.6 is 0 Å². The van der Waals surface area contributed by atoms with E-state index >= 15 is 0 Å². The SMILES string of the molecule is COC(=O)c1ccc(C2=CC3(CCN2C(=O)OC(C)(C)C)CC(F)(F)C3)c(N2CC(F)(F)C2)c1. The molecule has 1 aliphatic carbocycles. The fraction of sp³-hybridized carbons (Fsp3) is 0.583. The second-order valence-electron chi connectivity index (χ2n) is 10.4. The Labute approximate surface area is 195 Å². The molecule has 3 aliphatic rings. The van der Waals surface area contributed by atoms with Crippen LogP contribution in [0, 0.1) is 5.41 Å². The first-order chi connectivity index (χ1) is 15.6. The van der Waals surface area contributed by atoms with Gasteiger partial charge in [-0.15, -0.1) is 0 Å². The van der Waals surface area contributed by atoms with Crippen LogP contribution in [0.1, 0.15) is 56.0 Å². The highest BCUT2D eigenvalue weighted by Crippen LogP contribution is 2.58. The molecule has 186 valence electrons. The number of hydrogen-bond donors (Lipinski definition) is 0. The van der Waals surface area contributed by atoms with Crippen LogP contribution in [0.3, 0.4) is 0 Å². The Morgan fingerprint density at radius 1 is 1.03 bits per heavy atom. The number of allylic oxidation sites excluding steroid dienone is 1. The van der Waals surface area contributed by atoms with Crippen molar-refractivity contribution in [2.24, 2.45) is 5.41 Å². The van der Waals surface area contributed by atoms with Crippen molar-refractivity contribution in [3.8, 4) is 0 Å². The molecule has 0 N–H and O–H groups in total. The molecule has 1 aromatic rings. The van der Waals surface area contributed by atoms with E-state index in [1.54, 1.807) is 26.8 Å². The van der Waals surface area contributed by atoms with Gasteiger partial charge in [0.15, 0.2) is 0 Å². The largest absolute Gasteiger partial charge is 0.465 e. The molecule has 6 nitrogen and oxygen atoms in total. The summed E-state index contributed by atoms with van der Waals surface area (Å²) in [6, 6.07) is 4.44. The van der Waals surface area contributed by atoms with E-state index in [2.05, 4.69) is 0 Å². The lowest BCUT2D eigenvalue weighted by molar-refractivity contribution is -0.146. The van der Waals surface area contributed by atoms with Gasteiger partial charge in [0.25, 0.3) is 5.92 Å². The third-order valence-electron chi connectivity index (χ3n) is 6.28. The summed E-state index contributed by atoms with van der Waals surface area (Å²) in [4.78, 5) is 27.9. The summed E-state index contributed by atoms with van der Waals surface area (Å²) in [5.74, 6) is -6.31. The van der Waals surface area contributed by atoms with Gasteiger partial charge >= 0.3 is 12.1 Å². The van der Waals surface area contributed by atoms with Gasteiger partial charge in [-0.05, 0) is 45.4 Å². The number of ether oxygens (including phenoxy) is 2. The van der Waals surface area contributed by atoms with Crippen molar-refractivity contribution in [1.82, 2.24) is 4.90 Å². The van der Waals surface area contributed by atoms with Crippen molar-refractivity contribution < 1.29 is 36.6 Å². The number of nitrogens with zero attached hydrogens (tertiary/aromatic N) is 2. The number of halogens is 4. The summed E-state index contributed by atoms with van der Waals surface area (Å²) in [5.41, 5.74) is -0.425. The molecule has 2 fully saturated rings. The Balaban J connectivity index is 1.80. The van der Waals surface area contributed by atoms with E-state index in [1.165, 1.54) is 35.1 Å². The van der Waals surface area contributed by atoms with E-state index in [0.29, 0.717) is 23.4 Å². The van der Waals surface area contributed by atoms with Crippen LogP contribution in [0.2, 0.25) is 0 Å². The van der Waals surface area contributed by atoms with Crippen molar-refractivity contribution in [2.75, 3.05) is 31.6 Å². The number of rotatable bonds is 3. The summed E-state index contributed by atoms with van der Waals surface area (Å²) in [7, 11) is 1.21. The molecule has 2 heterocycles. The zero-order valence-corrected chi connectivity index (χ0v) is 19.6. The third-order valence-corrected chi connectivity index (χ3v) is 6.28. The fourth-order valence-corrected chi connectivity index (χ4v) is 4.82. The maximum absolute atomic E-state index is 13.8. The minimum absolute atomic E-state index is 0.144. The quantitative estimate of drug-likeness (QED) is 0.429. The first kappa shape index (κ1) is 24.3. The van der Waals surface area contributed by atoms with Crippen LogP contribution in [0.15, 0.2) is 24.3 Å². The Kier molecular flexibility index (Phi) is 5.64. The fourth-order valence-electron chi connectivity index (χ4n) is 4.82. The highest BCUT2D eigenvalue weighted by Gasteiger charge is 2.57. The van der Waals surface area contributed by atoms with Crippen molar-refractivity contribution >= 4 is 23.4 Å². The molecule has 0 atom stereocenters. The molecule has 1 aromatic carbocycles. The maximum atomic E-state index is 13.8. The van der Waals surface area contributed by atoms with Gasteiger partial charge in [-0.2, -0.15) is 0 Å². The third kappa shape index (κ3) is 4.72. The van der Waals surface area contributed by atoms with Crippen molar-refractivity contribution in [1.29, 1.82) is 0 Å². The Morgan fingerprint density at radius 3 is 2.21 bits per heavy atom. The molecule has 10 heteroatoms. The predicted molar refractivity (Wildman–Crippen MR) is 117 cm³/mol. The number of methoxy groups -OCH3 is 1. The number of alkyl halides is 4. The predicted octanol–water partition coefficient (Wildman–Crippen LogP) is 5.33. The van der Waals surface area contributed by atoms with Gasteiger partial charge in [-0.1, -0.05) is 6.08 Å². The van der Waals surface area contributed by atoms with Crippen LogP contribution in [0.4, 0.5) is 28.0 Å². The van der Waals surface area contributed by atoms with E-state index < -0.39 is 48.0 Å². The number of esters is 1. The molecule has 0 aromatic heterocycles. The number of hydrogen-bond acceptors (Lipinski definition) is 5. The minimum Gasteiger partial charge on any atom is -0.465 e. The Bertz CT molecular complexity index is 1030. The standard InChI is InChI=1S/C24H28F4N2O4/c1-21(2,3)34-20(32)30-8-7-22(11-23(25,26)12-22)10-18(30)16-6-5-15(19(31)33-4)9-17(16)29-13-24(27,28)14-29/h5-6,9-10H,7-8,11-14H2,1-4H3. The summed E-state index contributed by atoms with van der Waals surface area (Å²) in [6.07, 6.45) is 0.637. The summed E-state index contributed by atoms with van der Waals surface area (Å²) in [6.45, 7) is 4.16. The molecule has 1 amide bonds. The van der Waals surface area contributed by atoms with E-state index in [9.17, 15) is 27.2 Å². The van der Waals surface area contributed by atoms with Gasteiger partial charge in [0.1, 0.15) is 5.60 Å². The lowest BCUT2D eigenvalue weighted by Crippen LogP contribution is -2.57. The normalized spacial score (nSPS) is 22.4. The van der Waals surface area contributed by atoms with E-state index in [1.807, 2.05) is 0 Å². The zero-order valence-electron chi connectivity index (χ0n) is 19.6.